The number of benzene rings is 1. The van der Waals surface area contributed by atoms with Crippen LogP contribution in [0.4, 0.5) is 9.18 Å². The third kappa shape index (κ3) is 4.31. The lowest BCUT2D eigenvalue weighted by Crippen LogP contribution is -2.41. The molecule has 2 aromatic rings. The number of cyclic esters (lactones) is 1. The van der Waals surface area contributed by atoms with E-state index in [2.05, 4.69) is 11.9 Å². The standard InChI is InChI=1S/C21H27FN4O4S/c1-3-4-5-17-10-26(21(27)30-17)19-12-25(31(28,29)20-13-24(2)14-23-20)11-18(19)15-6-8-16(22)9-7-15/h6-9,13-14,17-19H,3-5,10-12H2,1-2H3/t17?,18-,19+/m1/s1. The van der Waals surface area contributed by atoms with Gasteiger partial charge in [-0.15, -0.1) is 0 Å². The van der Waals surface area contributed by atoms with Crippen molar-refractivity contribution in [2.75, 3.05) is 19.6 Å². The van der Waals surface area contributed by atoms with E-state index in [1.807, 2.05) is 0 Å². The molecule has 1 unspecified atom stereocenters. The molecule has 3 atom stereocenters. The Morgan fingerprint density at radius 3 is 2.58 bits per heavy atom. The van der Waals surface area contributed by atoms with Crippen molar-refractivity contribution >= 4 is 16.1 Å². The molecule has 31 heavy (non-hydrogen) atoms. The van der Waals surface area contributed by atoms with E-state index in [4.69, 9.17) is 4.74 Å². The Balaban J connectivity index is 1.63. The minimum Gasteiger partial charge on any atom is -0.444 e. The van der Waals surface area contributed by atoms with Crippen molar-refractivity contribution in [3.8, 4) is 0 Å². The Hall–Kier alpha value is -2.46. The number of ether oxygens (including phenoxy) is 1. The molecule has 1 aromatic carbocycles. The number of rotatable bonds is 7. The van der Waals surface area contributed by atoms with Crippen LogP contribution in [0, 0.1) is 5.82 Å². The highest BCUT2D eigenvalue weighted by Crippen LogP contribution is 2.36. The summed E-state index contributed by atoms with van der Waals surface area (Å²) in [6.07, 6.45) is 5.03. The number of nitrogens with zero attached hydrogens (tertiary/aromatic N) is 4. The number of hydrogen-bond acceptors (Lipinski definition) is 5. The van der Waals surface area contributed by atoms with E-state index in [-0.39, 0.29) is 36.0 Å². The first kappa shape index (κ1) is 21.8. The Morgan fingerprint density at radius 2 is 1.94 bits per heavy atom. The van der Waals surface area contributed by atoms with E-state index in [1.165, 1.54) is 29.0 Å². The molecule has 0 bridgehead atoms. The van der Waals surface area contributed by atoms with E-state index in [1.54, 1.807) is 28.6 Å². The fourth-order valence-corrected chi connectivity index (χ4v) is 5.80. The molecule has 168 valence electrons. The van der Waals surface area contributed by atoms with Gasteiger partial charge in [0.25, 0.3) is 10.0 Å². The summed E-state index contributed by atoms with van der Waals surface area (Å²) in [5.74, 6) is -0.659. The molecule has 0 aliphatic carbocycles. The van der Waals surface area contributed by atoms with E-state index in [0.717, 1.165) is 24.8 Å². The first-order chi connectivity index (χ1) is 14.8. The Kier molecular flexibility index (Phi) is 6.02. The summed E-state index contributed by atoms with van der Waals surface area (Å²) in [6.45, 7) is 2.82. The molecule has 2 saturated heterocycles. The van der Waals surface area contributed by atoms with Gasteiger partial charge in [0, 0.05) is 32.3 Å². The van der Waals surface area contributed by atoms with Gasteiger partial charge >= 0.3 is 6.09 Å². The number of aromatic nitrogens is 2. The molecule has 0 radical (unpaired) electrons. The molecule has 8 nitrogen and oxygen atoms in total. The number of sulfonamides is 1. The van der Waals surface area contributed by atoms with Gasteiger partial charge in [0.1, 0.15) is 11.9 Å². The van der Waals surface area contributed by atoms with Gasteiger partial charge in [0.15, 0.2) is 5.03 Å². The van der Waals surface area contributed by atoms with Crippen LogP contribution in [0.1, 0.15) is 37.7 Å². The van der Waals surface area contributed by atoms with Gasteiger partial charge in [0.2, 0.25) is 0 Å². The second kappa shape index (κ2) is 8.58. The van der Waals surface area contributed by atoms with E-state index >= 15 is 0 Å². The van der Waals surface area contributed by atoms with Gasteiger partial charge in [-0.3, -0.25) is 4.90 Å². The molecule has 1 aromatic heterocycles. The summed E-state index contributed by atoms with van der Waals surface area (Å²) in [6, 6.07) is 5.62. The zero-order valence-electron chi connectivity index (χ0n) is 17.6. The summed E-state index contributed by atoms with van der Waals surface area (Å²) in [5, 5.41) is -0.0293. The Morgan fingerprint density at radius 1 is 1.19 bits per heavy atom. The van der Waals surface area contributed by atoms with Gasteiger partial charge in [-0.05, 0) is 30.5 Å². The maximum atomic E-state index is 13.5. The molecule has 0 N–H and O–H groups in total. The van der Waals surface area contributed by atoms with Gasteiger partial charge in [-0.1, -0.05) is 25.5 Å². The number of unbranched alkanes of at least 4 members (excludes halogenated alkanes) is 1. The van der Waals surface area contributed by atoms with Crippen molar-refractivity contribution in [2.45, 2.75) is 49.3 Å². The molecule has 0 saturated carbocycles. The quantitative estimate of drug-likeness (QED) is 0.648. The molecule has 10 heteroatoms. The minimum atomic E-state index is -3.83. The lowest BCUT2D eigenvalue weighted by atomic mass is 9.93. The largest absolute Gasteiger partial charge is 0.444 e. The number of halogens is 1. The van der Waals surface area contributed by atoms with Crippen molar-refractivity contribution in [2.24, 2.45) is 7.05 Å². The molecule has 4 rings (SSSR count). The molecule has 2 aliphatic heterocycles. The molecule has 3 heterocycles. The zero-order valence-corrected chi connectivity index (χ0v) is 18.5. The van der Waals surface area contributed by atoms with Crippen LogP contribution in [0.5, 0.6) is 0 Å². The highest BCUT2D eigenvalue weighted by Gasteiger charge is 2.47. The minimum absolute atomic E-state index is 0.0293. The van der Waals surface area contributed by atoms with E-state index in [9.17, 15) is 17.6 Å². The van der Waals surface area contributed by atoms with Gasteiger partial charge in [-0.25, -0.2) is 22.6 Å². The smallest absolute Gasteiger partial charge is 0.410 e. The van der Waals surface area contributed by atoms with Crippen molar-refractivity contribution in [1.82, 2.24) is 18.8 Å². The maximum Gasteiger partial charge on any atom is 0.410 e. The van der Waals surface area contributed by atoms with Crippen molar-refractivity contribution in [1.29, 1.82) is 0 Å². The van der Waals surface area contributed by atoms with Gasteiger partial charge in [-0.2, -0.15) is 4.31 Å². The van der Waals surface area contributed by atoms with Crippen LogP contribution in [0.3, 0.4) is 0 Å². The second-order valence-electron chi connectivity index (χ2n) is 8.23. The van der Waals surface area contributed by atoms with Crippen LogP contribution in [0.15, 0.2) is 41.8 Å². The number of carbonyl (C=O) groups is 1. The molecule has 0 spiro atoms. The Labute approximate surface area is 181 Å². The van der Waals surface area contributed by atoms with Gasteiger partial charge in [0.05, 0.1) is 18.9 Å². The summed E-state index contributed by atoms with van der Waals surface area (Å²) in [7, 11) is -2.12. The number of aryl methyl sites for hydroxylation is 1. The third-order valence-electron chi connectivity index (χ3n) is 6.02. The highest BCUT2D eigenvalue weighted by molar-refractivity contribution is 7.89. The van der Waals surface area contributed by atoms with E-state index < -0.39 is 22.2 Å². The summed E-state index contributed by atoms with van der Waals surface area (Å²) >= 11 is 0. The second-order valence-corrected chi connectivity index (χ2v) is 10.1. The van der Waals surface area contributed by atoms with Crippen LogP contribution in [0.25, 0.3) is 0 Å². The molecule has 2 aliphatic rings. The SMILES string of the molecule is CCCCC1CN([C@H]2CN(S(=O)(=O)c3cn(C)cn3)C[C@@H]2c2ccc(F)cc2)C(=O)O1. The molecular formula is C21H27FN4O4S. The third-order valence-corrected chi connectivity index (χ3v) is 7.74. The average molecular weight is 451 g/mol. The topological polar surface area (TPSA) is 84.7 Å². The number of amides is 1. The Bertz CT molecular complexity index is 1040. The van der Waals surface area contributed by atoms with Crippen LogP contribution < -0.4 is 0 Å². The predicted molar refractivity (Wildman–Crippen MR) is 111 cm³/mol. The van der Waals surface area contributed by atoms with Crippen molar-refractivity contribution in [3.05, 3.63) is 48.2 Å². The highest BCUT2D eigenvalue weighted by atomic mass is 32.2. The average Bonchev–Trinajstić information content (AvgIpc) is 3.45. The van der Waals surface area contributed by atoms with Crippen LogP contribution in [-0.2, 0) is 21.8 Å². The van der Waals surface area contributed by atoms with Crippen LogP contribution in [0.2, 0.25) is 0 Å². The lowest BCUT2D eigenvalue weighted by molar-refractivity contribution is 0.123. The fourth-order valence-electron chi connectivity index (χ4n) is 4.35. The number of hydrogen-bond donors (Lipinski definition) is 0. The normalized spacial score (nSPS) is 24.7. The number of imidazole rings is 1. The van der Waals surface area contributed by atoms with Crippen molar-refractivity contribution < 1.29 is 22.3 Å². The molecule has 2 fully saturated rings. The van der Waals surface area contributed by atoms with Crippen LogP contribution >= 0.6 is 0 Å². The zero-order chi connectivity index (χ0) is 22.2. The maximum absolute atomic E-state index is 13.5. The summed E-state index contributed by atoms with van der Waals surface area (Å²) in [4.78, 5) is 18.3. The first-order valence-corrected chi connectivity index (χ1v) is 11.9. The van der Waals surface area contributed by atoms with Crippen molar-refractivity contribution in [3.63, 3.8) is 0 Å². The van der Waals surface area contributed by atoms with Crippen LogP contribution in [-0.4, -0.2) is 65.0 Å². The first-order valence-electron chi connectivity index (χ1n) is 10.5. The predicted octanol–water partition coefficient (Wildman–Crippen LogP) is 2.73. The molecule has 1 amide bonds. The summed E-state index contributed by atoms with van der Waals surface area (Å²) < 4.78 is 48.3. The fraction of sp³-hybridized carbons (Fsp3) is 0.524. The number of carbonyl (C=O) groups excluding carboxylic acids is 1. The monoisotopic (exact) mass is 450 g/mol. The summed E-state index contributed by atoms with van der Waals surface area (Å²) in [5.41, 5.74) is 0.787. The molecular weight excluding hydrogens is 423 g/mol. The lowest BCUT2D eigenvalue weighted by Gasteiger charge is -2.26. The van der Waals surface area contributed by atoms with Gasteiger partial charge < -0.3 is 9.30 Å². The van der Waals surface area contributed by atoms with E-state index in [0.29, 0.717) is 6.54 Å².